The highest BCUT2D eigenvalue weighted by Gasteiger charge is 2.25. The summed E-state index contributed by atoms with van der Waals surface area (Å²) in [6, 6.07) is 1.57. The van der Waals surface area contributed by atoms with Gasteiger partial charge in [0.15, 0.2) is 0 Å². The second kappa shape index (κ2) is 4.49. The molecule has 0 saturated carbocycles. The molecule has 84 valence electrons. The van der Waals surface area contributed by atoms with Crippen LogP contribution in [0.1, 0.15) is 16.8 Å². The predicted molar refractivity (Wildman–Crippen MR) is 60.5 cm³/mol. The number of carboxylic acid groups (broad SMARTS) is 1. The van der Waals surface area contributed by atoms with Crippen LogP contribution in [-0.4, -0.2) is 23.0 Å². The van der Waals surface area contributed by atoms with Crippen LogP contribution in [0.4, 0.5) is 0 Å². The molecule has 0 bridgehead atoms. The Morgan fingerprint density at radius 1 is 1.44 bits per heavy atom. The van der Waals surface area contributed by atoms with E-state index in [0.717, 1.165) is 0 Å². The first-order valence-corrected chi connectivity index (χ1v) is 5.85. The minimum absolute atomic E-state index is 0.151. The smallest absolute Gasteiger partial charge is 0.310 e. The third-order valence-electron chi connectivity index (χ3n) is 2.50. The van der Waals surface area contributed by atoms with Gasteiger partial charge in [0.1, 0.15) is 0 Å². The second-order valence-corrected chi connectivity index (χ2v) is 4.44. The highest BCUT2D eigenvalue weighted by molar-refractivity contribution is 7.08. The zero-order valence-corrected chi connectivity index (χ0v) is 9.24. The molecule has 1 aromatic heterocycles. The van der Waals surface area contributed by atoms with Crippen molar-refractivity contribution < 1.29 is 14.7 Å². The molecule has 1 amide bonds. The number of hydrogen-bond donors (Lipinski definition) is 2. The highest BCUT2D eigenvalue weighted by Crippen LogP contribution is 2.18. The van der Waals surface area contributed by atoms with Gasteiger partial charge >= 0.3 is 5.97 Å². The minimum Gasteiger partial charge on any atom is -0.481 e. The first kappa shape index (κ1) is 10.9. The van der Waals surface area contributed by atoms with Crippen LogP contribution < -0.4 is 5.32 Å². The van der Waals surface area contributed by atoms with Crippen LogP contribution in [0.3, 0.4) is 0 Å². The third kappa shape index (κ3) is 2.30. The second-order valence-electron chi connectivity index (χ2n) is 3.66. The first-order valence-electron chi connectivity index (χ1n) is 4.91. The number of carbonyl (C=O) groups is 2. The van der Waals surface area contributed by atoms with Crippen molar-refractivity contribution in [1.82, 2.24) is 5.32 Å². The van der Waals surface area contributed by atoms with Crippen molar-refractivity contribution >= 4 is 23.2 Å². The summed E-state index contributed by atoms with van der Waals surface area (Å²) in [5.41, 5.74) is 0.622. The average Bonchev–Trinajstić information content (AvgIpc) is 2.87. The van der Waals surface area contributed by atoms with Crippen molar-refractivity contribution in [2.45, 2.75) is 12.5 Å². The number of nitrogens with one attached hydrogen (secondary N) is 1. The maximum atomic E-state index is 11.7. The van der Waals surface area contributed by atoms with E-state index in [4.69, 9.17) is 5.11 Å². The van der Waals surface area contributed by atoms with Gasteiger partial charge in [-0.15, -0.1) is 0 Å². The standard InChI is InChI=1S/C11H11NO3S/c13-10(8-3-4-16-6-8)12-9-2-1-7(5-9)11(14)15/h1-4,6-7,9H,5H2,(H,12,13)(H,14,15). The summed E-state index contributed by atoms with van der Waals surface area (Å²) < 4.78 is 0. The summed E-state index contributed by atoms with van der Waals surface area (Å²) in [5, 5.41) is 15.2. The Labute approximate surface area is 96.6 Å². The average molecular weight is 237 g/mol. The van der Waals surface area contributed by atoms with E-state index in [1.807, 2.05) is 5.38 Å². The van der Waals surface area contributed by atoms with Crippen LogP contribution >= 0.6 is 11.3 Å². The van der Waals surface area contributed by atoms with E-state index in [-0.39, 0.29) is 11.9 Å². The summed E-state index contributed by atoms with van der Waals surface area (Å²) in [4.78, 5) is 22.4. The number of carbonyl (C=O) groups excluding carboxylic acids is 1. The third-order valence-corrected chi connectivity index (χ3v) is 3.18. The minimum atomic E-state index is -0.844. The van der Waals surface area contributed by atoms with E-state index in [1.54, 1.807) is 23.6 Å². The molecule has 5 heteroatoms. The topological polar surface area (TPSA) is 66.4 Å². The quantitative estimate of drug-likeness (QED) is 0.783. The molecule has 0 saturated heterocycles. The van der Waals surface area contributed by atoms with Crippen molar-refractivity contribution in [3.8, 4) is 0 Å². The predicted octanol–water partition coefficient (Wildman–Crippen LogP) is 1.51. The molecule has 0 radical (unpaired) electrons. The lowest BCUT2D eigenvalue weighted by molar-refractivity contribution is -0.140. The van der Waals surface area contributed by atoms with Crippen LogP contribution in [0.15, 0.2) is 29.0 Å². The SMILES string of the molecule is O=C(NC1C=CC(C(=O)O)C1)c1ccsc1. The number of rotatable bonds is 3. The number of amides is 1. The molecular formula is C11H11NO3S. The molecule has 1 aromatic rings. The zero-order chi connectivity index (χ0) is 11.5. The van der Waals surface area contributed by atoms with Gasteiger partial charge in [0.25, 0.3) is 5.91 Å². The molecule has 0 aliphatic heterocycles. The largest absolute Gasteiger partial charge is 0.481 e. The van der Waals surface area contributed by atoms with Crippen LogP contribution in [0.5, 0.6) is 0 Å². The number of aliphatic carboxylic acids is 1. The Morgan fingerprint density at radius 3 is 2.81 bits per heavy atom. The van der Waals surface area contributed by atoms with E-state index in [2.05, 4.69) is 5.32 Å². The Kier molecular flexibility index (Phi) is 3.05. The van der Waals surface area contributed by atoms with E-state index in [0.29, 0.717) is 12.0 Å². The molecule has 1 aliphatic carbocycles. The summed E-state index contributed by atoms with van der Waals surface area (Å²) in [6.45, 7) is 0. The molecule has 4 nitrogen and oxygen atoms in total. The molecule has 0 fully saturated rings. The van der Waals surface area contributed by atoms with Gasteiger partial charge in [-0.25, -0.2) is 0 Å². The van der Waals surface area contributed by atoms with Crippen molar-refractivity contribution in [2.24, 2.45) is 5.92 Å². The maximum absolute atomic E-state index is 11.7. The maximum Gasteiger partial charge on any atom is 0.310 e. The van der Waals surface area contributed by atoms with E-state index in [1.165, 1.54) is 11.3 Å². The zero-order valence-electron chi connectivity index (χ0n) is 8.42. The highest BCUT2D eigenvalue weighted by atomic mass is 32.1. The Hall–Kier alpha value is -1.62. The van der Waals surface area contributed by atoms with Gasteiger partial charge in [0.05, 0.1) is 11.5 Å². The molecule has 1 aliphatic rings. The molecule has 2 unspecified atom stereocenters. The normalized spacial score (nSPS) is 23.2. The van der Waals surface area contributed by atoms with Crippen molar-refractivity contribution in [2.75, 3.05) is 0 Å². The van der Waals surface area contributed by atoms with Crippen LogP contribution in [0, 0.1) is 5.92 Å². The Bertz CT molecular complexity index is 424. The van der Waals surface area contributed by atoms with Gasteiger partial charge in [0.2, 0.25) is 0 Å². The number of carboxylic acids is 1. The first-order chi connectivity index (χ1) is 7.66. The fourth-order valence-electron chi connectivity index (χ4n) is 1.63. The molecule has 2 rings (SSSR count). The summed E-state index contributed by atoms with van der Waals surface area (Å²) in [7, 11) is 0. The van der Waals surface area contributed by atoms with Gasteiger partial charge in [-0.2, -0.15) is 11.3 Å². The molecule has 2 N–H and O–H groups in total. The van der Waals surface area contributed by atoms with Crippen LogP contribution in [-0.2, 0) is 4.79 Å². The molecule has 16 heavy (non-hydrogen) atoms. The molecule has 2 atom stereocenters. The van der Waals surface area contributed by atoms with Gasteiger partial charge < -0.3 is 10.4 Å². The van der Waals surface area contributed by atoms with Gasteiger partial charge in [-0.1, -0.05) is 12.2 Å². The van der Waals surface area contributed by atoms with Crippen molar-refractivity contribution in [3.63, 3.8) is 0 Å². The van der Waals surface area contributed by atoms with E-state index >= 15 is 0 Å². The summed E-state index contributed by atoms with van der Waals surface area (Å²) in [5.74, 6) is -1.47. The number of thiophene rings is 1. The van der Waals surface area contributed by atoms with Gasteiger partial charge in [-0.05, 0) is 17.9 Å². The fourth-order valence-corrected chi connectivity index (χ4v) is 2.27. The lowest BCUT2D eigenvalue weighted by Gasteiger charge is -2.11. The van der Waals surface area contributed by atoms with E-state index in [9.17, 15) is 9.59 Å². The number of hydrogen-bond acceptors (Lipinski definition) is 3. The Morgan fingerprint density at radius 2 is 2.25 bits per heavy atom. The summed E-state index contributed by atoms with van der Waals surface area (Å²) >= 11 is 1.46. The van der Waals surface area contributed by atoms with Crippen molar-refractivity contribution in [1.29, 1.82) is 0 Å². The van der Waals surface area contributed by atoms with Crippen molar-refractivity contribution in [3.05, 3.63) is 34.5 Å². The van der Waals surface area contributed by atoms with E-state index < -0.39 is 11.9 Å². The lowest BCUT2D eigenvalue weighted by Crippen LogP contribution is -2.33. The van der Waals surface area contributed by atoms with Gasteiger partial charge in [-0.3, -0.25) is 9.59 Å². The fraction of sp³-hybridized carbons (Fsp3) is 0.273. The van der Waals surface area contributed by atoms with Crippen LogP contribution in [0.25, 0.3) is 0 Å². The van der Waals surface area contributed by atoms with Gasteiger partial charge in [0, 0.05) is 11.4 Å². The lowest BCUT2D eigenvalue weighted by atomic mass is 10.1. The molecule has 1 heterocycles. The molecule has 0 spiro atoms. The molecule has 0 aromatic carbocycles. The summed E-state index contributed by atoms with van der Waals surface area (Å²) in [6.07, 6.45) is 3.80. The monoisotopic (exact) mass is 237 g/mol. The Balaban J connectivity index is 1.91. The van der Waals surface area contributed by atoms with Crippen LogP contribution in [0.2, 0.25) is 0 Å². The molecular weight excluding hydrogens is 226 g/mol.